The molecule has 0 bridgehead atoms. The lowest BCUT2D eigenvalue weighted by Gasteiger charge is -2.01. The van der Waals surface area contributed by atoms with Crippen molar-refractivity contribution in [2.45, 2.75) is 19.9 Å². The molecular formula is C13H14N4S. The second-order valence-electron chi connectivity index (χ2n) is 4.04. The summed E-state index contributed by atoms with van der Waals surface area (Å²) < 4.78 is 1.91. The number of benzene rings is 1. The van der Waals surface area contributed by atoms with Gasteiger partial charge in [0.2, 0.25) is 10.1 Å². The quantitative estimate of drug-likeness (QED) is 0.782. The van der Waals surface area contributed by atoms with Gasteiger partial charge in [-0.1, -0.05) is 48.6 Å². The monoisotopic (exact) mass is 258 g/mol. The molecule has 3 rings (SSSR count). The Labute approximate surface area is 109 Å². The Morgan fingerprint density at radius 3 is 2.89 bits per heavy atom. The molecule has 92 valence electrons. The number of aromatic nitrogens is 3. The molecule has 0 radical (unpaired) electrons. The van der Waals surface area contributed by atoms with Gasteiger partial charge in [-0.15, -0.1) is 5.10 Å². The molecule has 3 aromatic rings. The maximum Gasteiger partial charge on any atom is 0.214 e. The fraction of sp³-hybridized carbons (Fsp3) is 0.231. The molecule has 1 aromatic carbocycles. The van der Waals surface area contributed by atoms with Crippen LogP contribution in [0.5, 0.6) is 0 Å². The molecule has 0 fully saturated rings. The van der Waals surface area contributed by atoms with Gasteiger partial charge in [-0.2, -0.15) is 0 Å². The smallest absolute Gasteiger partial charge is 0.214 e. The zero-order valence-electron chi connectivity index (χ0n) is 10.1. The highest BCUT2D eigenvalue weighted by Gasteiger charge is 2.07. The molecule has 2 heterocycles. The summed E-state index contributed by atoms with van der Waals surface area (Å²) in [5.41, 5.74) is 2.40. The van der Waals surface area contributed by atoms with Crippen LogP contribution in [0.15, 0.2) is 36.5 Å². The molecule has 0 aliphatic rings. The molecule has 0 atom stereocenters. The molecule has 0 saturated carbocycles. The predicted molar refractivity (Wildman–Crippen MR) is 74.0 cm³/mol. The summed E-state index contributed by atoms with van der Waals surface area (Å²) in [6, 6.07) is 10.3. The first-order chi connectivity index (χ1) is 8.86. The Kier molecular flexibility index (Phi) is 2.98. The average molecular weight is 258 g/mol. The summed E-state index contributed by atoms with van der Waals surface area (Å²) in [6.07, 6.45) is 2.84. The molecule has 0 aliphatic heterocycles. The third-order valence-electron chi connectivity index (χ3n) is 2.80. The van der Waals surface area contributed by atoms with E-state index >= 15 is 0 Å². The fourth-order valence-electron chi connectivity index (χ4n) is 1.82. The molecule has 4 nitrogen and oxygen atoms in total. The second-order valence-corrected chi connectivity index (χ2v) is 5.00. The van der Waals surface area contributed by atoms with E-state index in [9.17, 15) is 0 Å². The molecule has 0 aliphatic carbocycles. The van der Waals surface area contributed by atoms with Crippen molar-refractivity contribution in [2.24, 2.45) is 0 Å². The molecule has 5 heteroatoms. The Bertz CT molecular complexity index is 641. The number of imidazole rings is 1. The highest BCUT2D eigenvalue weighted by molar-refractivity contribution is 7.20. The molecule has 0 spiro atoms. The molecule has 1 N–H and O–H groups in total. The molecule has 18 heavy (non-hydrogen) atoms. The maximum atomic E-state index is 4.52. The third kappa shape index (κ3) is 2.09. The highest BCUT2D eigenvalue weighted by atomic mass is 32.1. The van der Waals surface area contributed by atoms with Crippen molar-refractivity contribution in [3.63, 3.8) is 0 Å². The summed E-state index contributed by atoms with van der Waals surface area (Å²) >= 11 is 1.58. The lowest BCUT2D eigenvalue weighted by molar-refractivity contribution is 0.879. The van der Waals surface area contributed by atoms with Gasteiger partial charge in [-0.05, 0) is 12.0 Å². The Morgan fingerprint density at radius 2 is 2.11 bits per heavy atom. The van der Waals surface area contributed by atoms with E-state index in [0.717, 1.165) is 28.8 Å². The molecule has 0 amide bonds. The molecule has 0 unspecified atom stereocenters. The summed E-state index contributed by atoms with van der Waals surface area (Å²) in [5.74, 6) is 0. The number of anilines is 1. The summed E-state index contributed by atoms with van der Waals surface area (Å²) in [6.45, 7) is 2.90. The van der Waals surface area contributed by atoms with Crippen molar-refractivity contribution in [1.82, 2.24) is 14.6 Å². The first kappa shape index (κ1) is 11.2. The first-order valence-corrected chi connectivity index (χ1v) is 6.79. The molecule has 2 aromatic heterocycles. The number of nitrogens with one attached hydrogen (secondary N) is 1. The summed E-state index contributed by atoms with van der Waals surface area (Å²) in [4.78, 5) is 5.29. The van der Waals surface area contributed by atoms with Crippen molar-refractivity contribution in [3.8, 4) is 0 Å². The number of nitrogens with zero attached hydrogens (tertiary/aromatic N) is 3. The number of hydrogen-bond acceptors (Lipinski definition) is 4. The fourth-order valence-corrected chi connectivity index (χ4v) is 2.61. The number of fused-ring (bicyclic) bond motifs is 1. The van der Waals surface area contributed by atoms with Crippen LogP contribution >= 0.6 is 11.3 Å². The van der Waals surface area contributed by atoms with Gasteiger partial charge in [-0.25, -0.2) is 9.50 Å². The van der Waals surface area contributed by atoms with Crippen LogP contribution in [0.4, 0.5) is 5.13 Å². The zero-order chi connectivity index (χ0) is 12.4. The van der Waals surface area contributed by atoms with E-state index in [2.05, 4.69) is 34.5 Å². The topological polar surface area (TPSA) is 42.2 Å². The van der Waals surface area contributed by atoms with Crippen LogP contribution in [0.1, 0.15) is 18.2 Å². The van der Waals surface area contributed by atoms with E-state index in [1.165, 1.54) is 5.56 Å². The van der Waals surface area contributed by atoms with Crippen LogP contribution in [0.3, 0.4) is 0 Å². The maximum absolute atomic E-state index is 4.52. The second kappa shape index (κ2) is 4.78. The van der Waals surface area contributed by atoms with Gasteiger partial charge in [0, 0.05) is 6.54 Å². The van der Waals surface area contributed by atoms with E-state index in [0.29, 0.717) is 0 Å². The largest absolute Gasteiger partial charge is 0.356 e. The van der Waals surface area contributed by atoms with E-state index in [1.54, 1.807) is 11.3 Å². The lowest BCUT2D eigenvalue weighted by atomic mass is 10.2. The van der Waals surface area contributed by atoms with Crippen LogP contribution in [-0.4, -0.2) is 14.6 Å². The van der Waals surface area contributed by atoms with Crippen molar-refractivity contribution in [1.29, 1.82) is 0 Å². The van der Waals surface area contributed by atoms with Gasteiger partial charge in [0.15, 0.2) is 0 Å². The Hall–Kier alpha value is -1.88. The van der Waals surface area contributed by atoms with Gasteiger partial charge in [0.05, 0.1) is 11.9 Å². The summed E-state index contributed by atoms with van der Waals surface area (Å²) in [5, 5.41) is 8.77. The van der Waals surface area contributed by atoms with Crippen molar-refractivity contribution < 1.29 is 0 Å². The Morgan fingerprint density at radius 1 is 1.28 bits per heavy atom. The van der Waals surface area contributed by atoms with Gasteiger partial charge >= 0.3 is 0 Å². The number of aryl methyl sites for hydroxylation is 1. The van der Waals surface area contributed by atoms with E-state index in [4.69, 9.17) is 0 Å². The van der Waals surface area contributed by atoms with Crippen LogP contribution < -0.4 is 5.32 Å². The molecule has 0 saturated heterocycles. The highest BCUT2D eigenvalue weighted by Crippen LogP contribution is 2.20. The molecular weight excluding hydrogens is 244 g/mol. The van der Waals surface area contributed by atoms with Crippen molar-refractivity contribution >= 4 is 21.4 Å². The standard InChI is InChI=1S/C13H14N4S/c1-2-11-9-15-13-17(11)16-12(18-13)14-8-10-6-4-3-5-7-10/h3-7,9H,2,8H2,1H3,(H,14,16). The SMILES string of the molecule is CCc1cnc2sc(NCc3ccccc3)nn12. The van der Waals surface area contributed by atoms with E-state index in [-0.39, 0.29) is 0 Å². The van der Waals surface area contributed by atoms with Crippen LogP contribution in [0.2, 0.25) is 0 Å². The third-order valence-corrected chi connectivity index (χ3v) is 3.69. The summed E-state index contributed by atoms with van der Waals surface area (Å²) in [7, 11) is 0. The normalized spacial score (nSPS) is 10.9. The first-order valence-electron chi connectivity index (χ1n) is 5.98. The van der Waals surface area contributed by atoms with Gasteiger partial charge < -0.3 is 5.32 Å². The minimum absolute atomic E-state index is 0.791. The zero-order valence-corrected chi connectivity index (χ0v) is 10.9. The lowest BCUT2D eigenvalue weighted by Crippen LogP contribution is -2.00. The predicted octanol–water partition coefficient (Wildman–Crippen LogP) is 2.97. The van der Waals surface area contributed by atoms with Crippen molar-refractivity contribution in [2.75, 3.05) is 5.32 Å². The van der Waals surface area contributed by atoms with Gasteiger partial charge in [0.1, 0.15) is 0 Å². The van der Waals surface area contributed by atoms with Crippen molar-refractivity contribution in [3.05, 3.63) is 47.8 Å². The van der Waals surface area contributed by atoms with E-state index < -0.39 is 0 Å². The Balaban J connectivity index is 1.77. The van der Waals surface area contributed by atoms with Crippen LogP contribution in [-0.2, 0) is 13.0 Å². The minimum Gasteiger partial charge on any atom is -0.356 e. The van der Waals surface area contributed by atoms with E-state index in [1.807, 2.05) is 28.9 Å². The van der Waals surface area contributed by atoms with Gasteiger partial charge in [-0.3, -0.25) is 0 Å². The van der Waals surface area contributed by atoms with Crippen LogP contribution in [0.25, 0.3) is 4.96 Å². The number of hydrogen-bond donors (Lipinski definition) is 1. The van der Waals surface area contributed by atoms with Gasteiger partial charge in [0.25, 0.3) is 0 Å². The number of rotatable bonds is 4. The van der Waals surface area contributed by atoms with Crippen LogP contribution in [0, 0.1) is 0 Å². The minimum atomic E-state index is 0.791. The average Bonchev–Trinajstić information content (AvgIpc) is 2.97.